The van der Waals surface area contributed by atoms with Crippen LogP contribution < -0.4 is 5.32 Å². The SMILES string of the molecule is O=C(/C=C/c1ccc(-c2ccccc2)o1)Nc1ccc(Br)cc1F. The predicted molar refractivity (Wildman–Crippen MR) is 95.9 cm³/mol. The van der Waals surface area contributed by atoms with E-state index in [1.165, 1.54) is 18.2 Å². The number of amides is 1. The van der Waals surface area contributed by atoms with Gasteiger partial charge in [0.1, 0.15) is 17.3 Å². The Kier molecular flexibility index (Phi) is 4.91. The molecule has 2 aromatic carbocycles. The van der Waals surface area contributed by atoms with Crippen LogP contribution in [-0.4, -0.2) is 5.91 Å². The van der Waals surface area contributed by atoms with E-state index in [0.717, 1.165) is 11.3 Å². The lowest BCUT2D eigenvalue weighted by Crippen LogP contribution is -2.09. The largest absolute Gasteiger partial charge is 0.457 e. The smallest absolute Gasteiger partial charge is 0.248 e. The number of benzene rings is 2. The van der Waals surface area contributed by atoms with Gasteiger partial charge in [0.05, 0.1) is 5.69 Å². The van der Waals surface area contributed by atoms with Gasteiger partial charge in [-0.05, 0) is 36.4 Å². The molecule has 0 atom stereocenters. The van der Waals surface area contributed by atoms with E-state index in [4.69, 9.17) is 4.42 Å². The van der Waals surface area contributed by atoms with E-state index in [0.29, 0.717) is 10.2 Å². The molecule has 1 aromatic heterocycles. The van der Waals surface area contributed by atoms with Crippen molar-refractivity contribution >= 4 is 33.6 Å². The van der Waals surface area contributed by atoms with Crippen LogP contribution in [0.25, 0.3) is 17.4 Å². The molecule has 0 aliphatic carbocycles. The van der Waals surface area contributed by atoms with Gasteiger partial charge in [-0.2, -0.15) is 0 Å². The number of nitrogens with one attached hydrogen (secondary N) is 1. The van der Waals surface area contributed by atoms with Gasteiger partial charge in [-0.25, -0.2) is 4.39 Å². The van der Waals surface area contributed by atoms with Crippen molar-refractivity contribution in [2.24, 2.45) is 0 Å². The van der Waals surface area contributed by atoms with Gasteiger partial charge in [0, 0.05) is 16.1 Å². The molecule has 0 saturated heterocycles. The van der Waals surface area contributed by atoms with Gasteiger partial charge in [0.25, 0.3) is 0 Å². The molecule has 0 aliphatic rings. The molecule has 0 radical (unpaired) electrons. The zero-order chi connectivity index (χ0) is 16.9. The highest BCUT2D eigenvalue weighted by molar-refractivity contribution is 9.10. The molecule has 1 N–H and O–H groups in total. The summed E-state index contributed by atoms with van der Waals surface area (Å²) in [6.07, 6.45) is 2.84. The lowest BCUT2D eigenvalue weighted by Gasteiger charge is -2.03. The first-order chi connectivity index (χ1) is 11.6. The second-order valence-corrected chi connectivity index (χ2v) is 5.93. The summed E-state index contributed by atoms with van der Waals surface area (Å²) in [5.74, 6) is 0.319. The van der Waals surface area contributed by atoms with Gasteiger partial charge in [-0.15, -0.1) is 0 Å². The molecule has 24 heavy (non-hydrogen) atoms. The molecule has 0 saturated carbocycles. The fourth-order valence-corrected chi connectivity index (χ4v) is 2.46. The van der Waals surface area contributed by atoms with E-state index in [-0.39, 0.29) is 5.69 Å². The zero-order valence-corrected chi connectivity index (χ0v) is 14.1. The summed E-state index contributed by atoms with van der Waals surface area (Å²) in [6.45, 7) is 0. The Hall–Kier alpha value is -2.66. The molecule has 3 nitrogen and oxygen atoms in total. The second kappa shape index (κ2) is 7.27. The Morgan fingerprint density at radius 2 is 1.88 bits per heavy atom. The molecule has 0 aliphatic heterocycles. The summed E-state index contributed by atoms with van der Waals surface area (Å²) < 4.78 is 19.9. The van der Waals surface area contributed by atoms with Crippen molar-refractivity contribution in [3.63, 3.8) is 0 Å². The van der Waals surface area contributed by atoms with Crippen LogP contribution >= 0.6 is 15.9 Å². The lowest BCUT2D eigenvalue weighted by molar-refractivity contribution is -0.111. The molecule has 0 fully saturated rings. The maximum Gasteiger partial charge on any atom is 0.248 e. The average molecular weight is 386 g/mol. The first-order valence-corrected chi connectivity index (χ1v) is 8.00. The van der Waals surface area contributed by atoms with Gasteiger partial charge in [-0.3, -0.25) is 4.79 Å². The number of carbonyl (C=O) groups is 1. The summed E-state index contributed by atoms with van der Waals surface area (Å²) >= 11 is 3.17. The Morgan fingerprint density at radius 1 is 1.08 bits per heavy atom. The number of halogens is 2. The van der Waals surface area contributed by atoms with E-state index in [2.05, 4.69) is 21.2 Å². The highest BCUT2D eigenvalue weighted by atomic mass is 79.9. The van der Waals surface area contributed by atoms with Crippen LogP contribution in [0.3, 0.4) is 0 Å². The molecule has 0 bridgehead atoms. The number of hydrogen-bond acceptors (Lipinski definition) is 2. The van der Waals surface area contributed by atoms with Crippen molar-refractivity contribution in [3.05, 3.63) is 82.8 Å². The van der Waals surface area contributed by atoms with Crippen molar-refractivity contribution < 1.29 is 13.6 Å². The maximum atomic E-state index is 13.7. The third-order valence-corrected chi connectivity index (χ3v) is 3.77. The number of furan rings is 1. The average Bonchev–Trinajstić information content (AvgIpc) is 3.05. The van der Waals surface area contributed by atoms with E-state index >= 15 is 0 Å². The second-order valence-electron chi connectivity index (χ2n) is 5.01. The monoisotopic (exact) mass is 385 g/mol. The number of rotatable bonds is 4. The standard InChI is InChI=1S/C19H13BrFNO2/c20-14-6-9-17(16(21)12-14)22-19(23)11-8-15-7-10-18(24-15)13-4-2-1-3-5-13/h1-12H,(H,22,23)/b11-8+. The molecule has 3 rings (SSSR count). The first kappa shape index (κ1) is 16.2. The number of hydrogen-bond donors (Lipinski definition) is 1. The zero-order valence-electron chi connectivity index (χ0n) is 12.5. The Labute approximate surface area is 146 Å². The van der Waals surface area contributed by atoms with Gasteiger partial charge in [-0.1, -0.05) is 46.3 Å². The van der Waals surface area contributed by atoms with Crippen molar-refractivity contribution in [3.8, 4) is 11.3 Å². The topological polar surface area (TPSA) is 42.2 Å². The van der Waals surface area contributed by atoms with Crippen LogP contribution in [0.15, 0.2) is 75.6 Å². The maximum absolute atomic E-state index is 13.7. The minimum atomic E-state index is -0.504. The quantitative estimate of drug-likeness (QED) is 0.602. The lowest BCUT2D eigenvalue weighted by atomic mass is 10.2. The number of carbonyl (C=O) groups excluding carboxylic acids is 1. The van der Waals surface area contributed by atoms with Crippen molar-refractivity contribution in [2.45, 2.75) is 0 Å². The van der Waals surface area contributed by atoms with Crippen LogP contribution in [0.4, 0.5) is 10.1 Å². The summed E-state index contributed by atoms with van der Waals surface area (Å²) in [6, 6.07) is 17.7. The summed E-state index contributed by atoms with van der Waals surface area (Å²) in [5, 5.41) is 2.48. The van der Waals surface area contributed by atoms with Crippen molar-refractivity contribution in [2.75, 3.05) is 5.32 Å². The molecule has 0 unspecified atom stereocenters. The van der Waals surface area contributed by atoms with Gasteiger partial charge < -0.3 is 9.73 Å². The normalized spacial score (nSPS) is 10.9. The van der Waals surface area contributed by atoms with E-state index in [1.807, 2.05) is 36.4 Å². The summed E-state index contributed by atoms with van der Waals surface area (Å²) in [4.78, 5) is 11.9. The van der Waals surface area contributed by atoms with Crippen molar-refractivity contribution in [1.29, 1.82) is 0 Å². The molecule has 5 heteroatoms. The molecular weight excluding hydrogens is 373 g/mol. The summed E-state index contributed by atoms with van der Waals surface area (Å²) in [5.41, 5.74) is 1.08. The van der Waals surface area contributed by atoms with E-state index in [1.54, 1.807) is 18.2 Å². The Morgan fingerprint density at radius 3 is 2.62 bits per heavy atom. The highest BCUT2D eigenvalue weighted by Crippen LogP contribution is 2.22. The fraction of sp³-hybridized carbons (Fsp3) is 0. The first-order valence-electron chi connectivity index (χ1n) is 7.21. The number of anilines is 1. The third-order valence-electron chi connectivity index (χ3n) is 3.27. The fourth-order valence-electron chi connectivity index (χ4n) is 2.12. The molecule has 120 valence electrons. The van der Waals surface area contributed by atoms with Crippen LogP contribution in [-0.2, 0) is 4.79 Å². The van der Waals surface area contributed by atoms with E-state index < -0.39 is 11.7 Å². The third kappa shape index (κ3) is 4.00. The Balaban J connectivity index is 1.67. The molecule has 3 aromatic rings. The highest BCUT2D eigenvalue weighted by Gasteiger charge is 2.06. The van der Waals surface area contributed by atoms with Gasteiger partial charge in [0.15, 0.2) is 0 Å². The van der Waals surface area contributed by atoms with E-state index in [9.17, 15) is 9.18 Å². The summed E-state index contributed by atoms with van der Waals surface area (Å²) in [7, 11) is 0. The van der Waals surface area contributed by atoms with Crippen molar-refractivity contribution in [1.82, 2.24) is 0 Å². The van der Waals surface area contributed by atoms with Crippen LogP contribution in [0, 0.1) is 5.82 Å². The predicted octanol–water partition coefficient (Wildman–Crippen LogP) is 5.50. The van der Waals surface area contributed by atoms with Crippen LogP contribution in [0.5, 0.6) is 0 Å². The molecule has 0 spiro atoms. The van der Waals surface area contributed by atoms with Crippen LogP contribution in [0.1, 0.15) is 5.76 Å². The van der Waals surface area contributed by atoms with Gasteiger partial charge >= 0.3 is 0 Å². The Bertz CT molecular complexity index is 887. The molecule has 1 amide bonds. The minimum Gasteiger partial charge on any atom is -0.457 e. The van der Waals surface area contributed by atoms with Crippen LogP contribution in [0.2, 0.25) is 0 Å². The van der Waals surface area contributed by atoms with Gasteiger partial charge in [0.2, 0.25) is 5.91 Å². The minimum absolute atomic E-state index is 0.122. The molecular formula is C19H13BrFNO2. The molecule has 1 heterocycles.